The highest BCUT2D eigenvalue weighted by atomic mass is 16.3. The van der Waals surface area contributed by atoms with Gasteiger partial charge in [0.1, 0.15) is 0 Å². The molecule has 1 atom stereocenters. The molecule has 0 bridgehead atoms. The Morgan fingerprint density at radius 3 is 3.08 bits per heavy atom. The zero-order valence-electron chi connectivity index (χ0n) is 7.27. The Bertz CT molecular complexity index is 234. The summed E-state index contributed by atoms with van der Waals surface area (Å²) < 4.78 is 1.88. The number of aliphatic hydroxyl groups excluding tert-OH is 1. The zero-order valence-corrected chi connectivity index (χ0v) is 7.27. The summed E-state index contributed by atoms with van der Waals surface area (Å²) in [7, 11) is 0. The van der Waals surface area contributed by atoms with Gasteiger partial charge in [-0.1, -0.05) is 0 Å². The number of nitrogens with zero attached hydrogens (tertiary/aromatic N) is 2. The molecule has 4 nitrogen and oxygen atoms in total. The van der Waals surface area contributed by atoms with E-state index in [2.05, 4.69) is 5.10 Å². The molecule has 1 unspecified atom stereocenters. The van der Waals surface area contributed by atoms with Crippen molar-refractivity contribution in [3.05, 3.63) is 18.0 Å². The molecule has 3 N–H and O–H groups in total. The summed E-state index contributed by atoms with van der Waals surface area (Å²) in [4.78, 5) is 0. The second-order valence-corrected chi connectivity index (χ2v) is 2.79. The smallest absolute Gasteiger partial charge is 0.0586 e. The first-order valence-corrected chi connectivity index (χ1v) is 4.15. The minimum absolute atomic E-state index is 0.0227. The molecule has 0 aliphatic heterocycles. The molecule has 1 rings (SSSR count). The largest absolute Gasteiger partial charge is 0.395 e. The lowest BCUT2D eigenvalue weighted by atomic mass is 10.2. The third-order valence-electron chi connectivity index (χ3n) is 1.81. The van der Waals surface area contributed by atoms with Gasteiger partial charge in [-0.15, -0.1) is 0 Å². The first-order valence-electron chi connectivity index (χ1n) is 4.15. The maximum absolute atomic E-state index is 8.74. The van der Waals surface area contributed by atoms with E-state index in [-0.39, 0.29) is 12.6 Å². The number of aryl methyl sites for hydroxylation is 1. The SMILES string of the molecule is CCn1nccc1CC(N)CO. The molecular formula is C8H15N3O. The first-order chi connectivity index (χ1) is 5.77. The van der Waals surface area contributed by atoms with Gasteiger partial charge in [0, 0.05) is 30.9 Å². The van der Waals surface area contributed by atoms with E-state index in [1.807, 2.05) is 17.7 Å². The van der Waals surface area contributed by atoms with Gasteiger partial charge in [-0.2, -0.15) is 5.10 Å². The van der Waals surface area contributed by atoms with Crippen LogP contribution in [0, 0.1) is 0 Å². The number of aromatic nitrogens is 2. The van der Waals surface area contributed by atoms with E-state index in [4.69, 9.17) is 10.8 Å². The van der Waals surface area contributed by atoms with Crippen LogP contribution < -0.4 is 5.73 Å². The number of nitrogens with two attached hydrogens (primary N) is 1. The molecule has 1 aromatic rings. The molecule has 4 heteroatoms. The summed E-state index contributed by atoms with van der Waals surface area (Å²) >= 11 is 0. The zero-order chi connectivity index (χ0) is 8.97. The van der Waals surface area contributed by atoms with Crippen LogP contribution in [-0.4, -0.2) is 27.5 Å². The molecule has 0 saturated carbocycles. The maximum Gasteiger partial charge on any atom is 0.0586 e. The molecule has 0 amide bonds. The normalized spacial score (nSPS) is 13.2. The summed E-state index contributed by atoms with van der Waals surface area (Å²) in [6.07, 6.45) is 2.44. The lowest BCUT2D eigenvalue weighted by Gasteiger charge is -2.08. The van der Waals surface area contributed by atoms with Gasteiger partial charge in [0.2, 0.25) is 0 Å². The average molecular weight is 169 g/mol. The van der Waals surface area contributed by atoms with Crippen molar-refractivity contribution in [3.8, 4) is 0 Å². The fraction of sp³-hybridized carbons (Fsp3) is 0.625. The number of hydrogen-bond donors (Lipinski definition) is 2. The van der Waals surface area contributed by atoms with Gasteiger partial charge in [-0.3, -0.25) is 4.68 Å². The number of hydrogen-bond acceptors (Lipinski definition) is 3. The predicted molar refractivity (Wildman–Crippen MR) is 46.7 cm³/mol. The van der Waals surface area contributed by atoms with E-state index in [1.165, 1.54) is 0 Å². The lowest BCUT2D eigenvalue weighted by Crippen LogP contribution is -2.28. The van der Waals surface area contributed by atoms with E-state index in [0.29, 0.717) is 6.42 Å². The Labute approximate surface area is 72.0 Å². The van der Waals surface area contributed by atoms with Crippen molar-refractivity contribution in [1.29, 1.82) is 0 Å². The van der Waals surface area contributed by atoms with Gasteiger partial charge in [0.05, 0.1) is 6.61 Å². The molecule has 0 fully saturated rings. The summed E-state index contributed by atoms with van der Waals surface area (Å²) in [5, 5.41) is 12.8. The minimum atomic E-state index is -0.174. The van der Waals surface area contributed by atoms with E-state index < -0.39 is 0 Å². The molecule has 0 saturated heterocycles. The van der Waals surface area contributed by atoms with Crippen LogP contribution in [0.1, 0.15) is 12.6 Å². The fourth-order valence-corrected chi connectivity index (χ4v) is 1.15. The van der Waals surface area contributed by atoms with Crippen molar-refractivity contribution in [2.45, 2.75) is 25.9 Å². The van der Waals surface area contributed by atoms with Gasteiger partial charge < -0.3 is 10.8 Å². The Balaban J connectivity index is 2.61. The van der Waals surface area contributed by atoms with E-state index >= 15 is 0 Å². The Kier molecular flexibility index (Phi) is 3.25. The molecule has 0 spiro atoms. The molecule has 1 heterocycles. The molecule has 68 valence electrons. The molecular weight excluding hydrogens is 154 g/mol. The van der Waals surface area contributed by atoms with Crippen LogP contribution in [0.3, 0.4) is 0 Å². The van der Waals surface area contributed by atoms with Crippen LogP contribution in [0.2, 0.25) is 0 Å². The second kappa shape index (κ2) is 4.23. The van der Waals surface area contributed by atoms with E-state index in [0.717, 1.165) is 12.2 Å². The molecule has 0 aromatic carbocycles. The van der Waals surface area contributed by atoms with Crippen LogP contribution in [0.15, 0.2) is 12.3 Å². The van der Waals surface area contributed by atoms with Crippen LogP contribution >= 0.6 is 0 Å². The van der Waals surface area contributed by atoms with Crippen LogP contribution in [-0.2, 0) is 13.0 Å². The van der Waals surface area contributed by atoms with Gasteiger partial charge in [0.25, 0.3) is 0 Å². The molecule has 12 heavy (non-hydrogen) atoms. The van der Waals surface area contributed by atoms with Gasteiger partial charge in [-0.25, -0.2) is 0 Å². The summed E-state index contributed by atoms with van der Waals surface area (Å²) in [5.41, 5.74) is 6.68. The average Bonchev–Trinajstić information content (AvgIpc) is 2.51. The second-order valence-electron chi connectivity index (χ2n) is 2.79. The molecule has 0 radical (unpaired) electrons. The minimum Gasteiger partial charge on any atom is -0.395 e. The lowest BCUT2D eigenvalue weighted by molar-refractivity contribution is 0.263. The molecule has 0 aliphatic rings. The van der Waals surface area contributed by atoms with Crippen molar-refractivity contribution >= 4 is 0 Å². The van der Waals surface area contributed by atoms with Crippen molar-refractivity contribution in [2.24, 2.45) is 5.73 Å². The monoisotopic (exact) mass is 169 g/mol. The highest BCUT2D eigenvalue weighted by Crippen LogP contribution is 2.01. The standard InChI is InChI=1S/C8H15N3O/c1-2-11-8(3-4-10-11)5-7(9)6-12/h3-4,7,12H,2,5-6,9H2,1H3. The topological polar surface area (TPSA) is 64.1 Å². The van der Waals surface area contributed by atoms with Crippen molar-refractivity contribution in [2.75, 3.05) is 6.61 Å². The molecule has 0 aliphatic carbocycles. The van der Waals surface area contributed by atoms with Gasteiger partial charge in [-0.05, 0) is 13.0 Å². The maximum atomic E-state index is 8.74. The highest BCUT2D eigenvalue weighted by molar-refractivity contribution is 5.02. The summed E-state index contributed by atoms with van der Waals surface area (Å²) in [6, 6.07) is 1.76. The Hall–Kier alpha value is -0.870. The molecule has 1 aromatic heterocycles. The first kappa shape index (κ1) is 9.22. The van der Waals surface area contributed by atoms with E-state index in [1.54, 1.807) is 6.20 Å². The Morgan fingerprint density at radius 2 is 2.50 bits per heavy atom. The van der Waals surface area contributed by atoms with Gasteiger partial charge >= 0.3 is 0 Å². The van der Waals surface area contributed by atoms with Crippen molar-refractivity contribution in [3.63, 3.8) is 0 Å². The van der Waals surface area contributed by atoms with E-state index in [9.17, 15) is 0 Å². The third-order valence-corrected chi connectivity index (χ3v) is 1.81. The van der Waals surface area contributed by atoms with Gasteiger partial charge in [0.15, 0.2) is 0 Å². The van der Waals surface area contributed by atoms with Crippen molar-refractivity contribution < 1.29 is 5.11 Å². The summed E-state index contributed by atoms with van der Waals surface area (Å²) in [5.74, 6) is 0. The summed E-state index contributed by atoms with van der Waals surface area (Å²) in [6.45, 7) is 2.90. The number of aliphatic hydroxyl groups is 1. The fourth-order valence-electron chi connectivity index (χ4n) is 1.15. The van der Waals surface area contributed by atoms with Crippen LogP contribution in [0.25, 0.3) is 0 Å². The predicted octanol–water partition coefficient (Wildman–Crippen LogP) is -0.235. The number of rotatable bonds is 4. The third kappa shape index (κ3) is 2.06. The van der Waals surface area contributed by atoms with Crippen molar-refractivity contribution in [1.82, 2.24) is 9.78 Å². The quantitative estimate of drug-likeness (QED) is 0.654. The van der Waals surface area contributed by atoms with Crippen LogP contribution in [0.4, 0.5) is 0 Å². The van der Waals surface area contributed by atoms with Crippen LogP contribution in [0.5, 0.6) is 0 Å². The highest BCUT2D eigenvalue weighted by Gasteiger charge is 2.05. The Morgan fingerprint density at radius 1 is 1.75 bits per heavy atom.